The number of benzene rings is 1. The second-order valence-electron chi connectivity index (χ2n) is 6.40. The Balaban J connectivity index is 3.18. The molecule has 1 aromatic rings. The summed E-state index contributed by atoms with van der Waals surface area (Å²) in [5, 5.41) is 2.80. The van der Waals surface area contributed by atoms with Crippen LogP contribution in [0.5, 0.6) is 5.75 Å². The van der Waals surface area contributed by atoms with Crippen molar-refractivity contribution in [2.24, 2.45) is 5.41 Å². The normalized spacial score (nSPS) is 12.3. The summed E-state index contributed by atoms with van der Waals surface area (Å²) in [6.45, 7) is 6.50. The predicted molar refractivity (Wildman–Crippen MR) is 85.7 cm³/mol. The predicted octanol–water partition coefficient (Wildman–Crippen LogP) is 1.72. The third kappa shape index (κ3) is 4.45. The number of methoxy groups -OCH3 is 1. The lowest BCUT2D eigenvalue weighted by atomic mass is 9.97. The number of carbonyl (C=O) groups excluding carboxylic acids is 1. The van der Waals surface area contributed by atoms with Crippen molar-refractivity contribution in [3.8, 4) is 5.75 Å². The molecule has 0 aromatic heterocycles. The van der Waals surface area contributed by atoms with E-state index in [2.05, 4.69) is 5.32 Å². The number of nitrogens with zero attached hydrogens (tertiary/aromatic N) is 1. The molecule has 0 saturated heterocycles. The van der Waals surface area contributed by atoms with Crippen LogP contribution in [0.3, 0.4) is 0 Å². The second kappa shape index (κ2) is 6.66. The Bertz CT molecular complexity index is 646. The molecule has 1 aromatic carbocycles. The van der Waals surface area contributed by atoms with Gasteiger partial charge in [-0.05, 0) is 23.6 Å². The van der Waals surface area contributed by atoms with Crippen LogP contribution < -0.4 is 10.1 Å². The maximum Gasteiger partial charge on any atom is 0.251 e. The smallest absolute Gasteiger partial charge is 0.251 e. The van der Waals surface area contributed by atoms with E-state index in [9.17, 15) is 13.2 Å². The number of hydrogen-bond acceptors (Lipinski definition) is 4. The molecule has 0 aliphatic rings. The van der Waals surface area contributed by atoms with E-state index >= 15 is 0 Å². The molecule has 0 radical (unpaired) electrons. The quantitative estimate of drug-likeness (QED) is 0.893. The third-order valence-corrected chi connectivity index (χ3v) is 4.80. The molecule has 0 heterocycles. The first-order valence-electron chi connectivity index (χ1n) is 6.88. The lowest BCUT2D eigenvalue weighted by Gasteiger charge is -2.19. The highest BCUT2D eigenvalue weighted by molar-refractivity contribution is 7.89. The summed E-state index contributed by atoms with van der Waals surface area (Å²) < 4.78 is 30.8. The van der Waals surface area contributed by atoms with Gasteiger partial charge in [-0.3, -0.25) is 4.79 Å². The number of ether oxygens (including phenoxy) is 1. The van der Waals surface area contributed by atoms with E-state index in [-0.39, 0.29) is 27.5 Å². The molecule has 22 heavy (non-hydrogen) atoms. The summed E-state index contributed by atoms with van der Waals surface area (Å²) in [6.07, 6.45) is 0. The lowest BCUT2D eigenvalue weighted by Crippen LogP contribution is -2.32. The zero-order chi connectivity index (χ0) is 17.1. The summed E-state index contributed by atoms with van der Waals surface area (Å²) in [6, 6.07) is 4.38. The molecule has 0 bridgehead atoms. The van der Waals surface area contributed by atoms with Gasteiger partial charge >= 0.3 is 0 Å². The first kappa shape index (κ1) is 18.4. The van der Waals surface area contributed by atoms with Gasteiger partial charge in [0.15, 0.2) is 0 Å². The van der Waals surface area contributed by atoms with Crippen molar-refractivity contribution in [1.29, 1.82) is 0 Å². The average Bonchev–Trinajstić information content (AvgIpc) is 2.43. The fourth-order valence-electron chi connectivity index (χ4n) is 1.66. The lowest BCUT2D eigenvalue weighted by molar-refractivity contribution is 0.0939. The van der Waals surface area contributed by atoms with E-state index in [1.165, 1.54) is 33.3 Å². The van der Waals surface area contributed by atoms with Gasteiger partial charge < -0.3 is 10.1 Å². The summed E-state index contributed by atoms with van der Waals surface area (Å²) in [5.74, 6) is -0.103. The molecule has 0 fully saturated rings. The highest BCUT2D eigenvalue weighted by Crippen LogP contribution is 2.27. The molecule has 0 atom stereocenters. The van der Waals surface area contributed by atoms with Gasteiger partial charge in [-0.25, -0.2) is 12.7 Å². The first-order chi connectivity index (χ1) is 9.99. The standard InChI is InChI=1S/C15H24N2O4S/c1-15(2,3)10-16-14(18)11-7-8-12(21-6)13(9-11)22(19,20)17(4)5/h7-9H,10H2,1-6H3,(H,16,18). The minimum atomic E-state index is -3.69. The number of nitrogens with one attached hydrogen (secondary N) is 1. The Hall–Kier alpha value is -1.60. The van der Waals surface area contributed by atoms with Gasteiger partial charge in [0.2, 0.25) is 10.0 Å². The van der Waals surface area contributed by atoms with Gasteiger partial charge in [0.25, 0.3) is 5.91 Å². The maximum absolute atomic E-state index is 12.3. The fourth-order valence-corrected chi connectivity index (χ4v) is 2.74. The molecule has 0 aliphatic heterocycles. The summed E-state index contributed by atoms with van der Waals surface area (Å²) >= 11 is 0. The van der Waals surface area contributed by atoms with Crippen LogP contribution in [-0.4, -0.2) is 46.4 Å². The minimum absolute atomic E-state index is 0.0246. The van der Waals surface area contributed by atoms with E-state index in [0.717, 1.165) is 4.31 Å². The third-order valence-electron chi connectivity index (χ3n) is 2.96. The maximum atomic E-state index is 12.3. The van der Waals surface area contributed by atoms with Crippen LogP contribution in [0.25, 0.3) is 0 Å². The SMILES string of the molecule is COc1ccc(C(=O)NCC(C)(C)C)cc1S(=O)(=O)N(C)C. The van der Waals surface area contributed by atoms with Gasteiger partial charge in [-0.15, -0.1) is 0 Å². The molecule has 6 nitrogen and oxygen atoms in total. The molecular formula is C15H24N2O4S. The van der Waals surface area contributed by atoms with Crippen molar-refractivity contribution >= 4 is 15.9 Å². The molecule has 1 N–H and O–H groups in total. The highest BCUT2D eigenvalue weighted by Gasteiger charge is 2.24. The Morgan fingerprint density at radius 2 is 1.86 bits per heavy atom. The Morgan fingerprint density at radius 3 is 2.32 bits per heavy atom. The fraction of sp³-hybridized carbons (Fsp3) is 0.533. The van der Waals surface area contributed by atoms with E-state index in [1.54, 1.807) is 6.07 Å². The van der Waals surface area contributed by atoms with Gasteiger partial charge in [-0.1, -0.05) is 20.8 Å². The number of amides is 1. The van der Waals surface area contributed by atoms with Crippen LogP contribution in [0.2, 0.25) is 0 Å². The monoisotopic (exact) mass is 328 g/mol. The van der Waals surface area contributed by atoms with Crippen molar-refractivity contribution in [2.45, 2.75) is 25.7 Å². The number of sulfonamides is 1. The van der Waals surface area contributed by atoms with Crippen LogP contribution in [0.1, 0.15) is 31.1 Å². The average molecular weight is 328 g/mol. The second-order valence-corrected chi connectivity index (χ2v) is 8.52. The van der Waals surface area contributed by atoms with Crippen molar-refractivity contribution in [3.05, 3.63) is 23.8 Å². The zero-order valence-electron chi connectivity index (χ0n) is 13.9. The van der Waals surface area contributed by atoms with Crippen LogP contribution in [0, 0.1) is 5.41 Å². The molecule has 0 aliphatic carbocycles. The molecule has 7 heteroatoms. The zero-order valence-corrected chi connectivity index (χ0v) is 14.7. The number of hydrogen-bond donors (Lipinski definition) is 1. The van der Waals surface area contributed by atoms with Gasteiger partial charge in [0.05, 0.1) is 7.11 Å². The Labute approximate surface area is 132 Å². The molecule has 0 unspecified atom stereocenters. The number of carbonyl (C=O) groups is 1. The van der Waals surface area contributed by atoms with Crippen LogP contribution in [-0.2, 0) is 10.0 Å². The largest absolute Gasteiger partial charge is 0.495 e. The summed E-state index contributed by atoms with van der Waals surface area (Å²) in [5.41, 5.74) is 0.228. The minimum Gasteiger partial charge on any atom is -0.495 e. The van der Waals surface area contributed by atoms with E-state index in [0.29, 0.717) is 6.54 Å². The van der Waals surface area contributed by atoms with Crippen molar-refractivity contribution in [1.82, 2.24) is 9.62 Å². The molecule has 0 saturated carbocycles. The van der Waals surface area contributed by atoms with Crippen LogP contribution in [0.4, 0.5) is 0 Å². The van der Waals surface area contributed by atoms with E-state index < -0.39 is 10.0 Å². The van der Waals surface area contributed by atoms with Gasteiger partial charge in [0, 0.05) is 26.2 Å². The number of rotatable bonds is 5. The summed E-state index contributed by atoms with van der Waals surface area (Å²) in [7, 11) is 0.565. The highest BCUT2D eigenvalue weighted by atomic mass is 32.2. The Morgan fingerprint density at radius 1 is 1.27 bits per heavy atom. The Kier molecular flexibility index (Phi) is 5.59. The molecular weight excluding hydrogens is 304 g/mol. The van der Waals surface area contributed by atoms with Crippen molar-refractivity contribution < 1.29 is 17.9 Å². The van der Waals surface area contributed by atoms with Crippen LogP contribution in [0.15, 0.2) is 23.1 Å². The first-order valence-corrected chi connectivity index (χ1v) is 8.32. The van der Waals surface area contributed by atoms with Gasteiger partial charge in [0.1, 0.15) is 10.6 Å². The molecule has 1 rings (SSSR count). The van der Waals surface area contributed by atoms with Crippen LogP contribution >= 0.6 is 0 Å². The summed E-state index contributed by atoms with van der Waals surface area (Å²) in [4.78, 5) is 12.2. The van der Waals surface area contributed by atoms with Crippen molar-refractivity contribution in [2.75, 3.05) is 27.7 Å². The molecule has 0 spiro atoms. The van der Waals surface area contributed by atoms with Crippen molar-refractivity contribution in [3.63, 3.8) is 0 Å². The topological polar surface area (TPSA) is 75.7 Å². The van der Waals surface area contributed by atoms with E-state index in [1.807, 2.05) is 20.8 Å². The molecule has 1 amide bonds. The van der Waals surface area contributed by atoms with Gasteiger partial charge in [-0.2, -0.15) is 0 Å². The molecule has 124 valence electrons. The van der Waals surface area contributed by atoms with E-state index in [4.69, 9.17) is 4.74 Å².